The first-order chi connectivity index (χ1) is 6.77. The minimum absolute atomic E-state index is 0.286. The molecule has 1 aromatic carbocycles. The van der Waals surface area contributed by atoms with Gasteiger partial charge in [0, 0.05) is 6.42 Å². The largest absolute Gasteiger partial charge is 0.206 e. The number of rotatable bonds is 2. The lowest BCUT2D eigenvalue weighted by Crippen LogP contribution is -1.94. The van der Waals surface area contributed by atoms with Crippen LogP contribution < -0.4 is 0 Å². The minimum Gasteiger partial charge on any atom is -0.206 e. The monoisotopic (exact) mass is 256 g/mol. The molecule has 1 heterocycles. The predicted molar refractivity (Wildman–Crippen MR) is 51.1 cm³/mol. The Bertz CT molecular complexity index is 429. The van der Waals surface area contributed by atoms with Gasteiger partial charge in [0.2, 0.25) is 0 Å². The highest BCUT2D eigenvalue weighted by Crippen LogP contribution is 2.21. The number of tetrazole rings is 1. The maximum Gasteiger partial charge on any atom is 0.178 e. The number of hydrogen-bond donors (Lipinski definition) is 1. The van der Waals surface area contributed by atoms with E-state index in [0.29, 0.717) is 16.7 Å². The normalized spacial score (nSPS) is 10.4. The third-order valence-electron chi connectivity index (χ3n) is 1.77. The Hall–Kier alpha value is -1.30. The first-order valence-electron chi connectivity index (χ1n) is 3.92. The van der Waals surface area contributed by atoms with Gasteiger partial charge in [-0.3, -0.25) is 0 Å². The van der Waals surface area contributed by atoms with E-state index < -0.39 is 0 Å². The summed E-state index contributed by atoms with van der Waals surface area (Å²) in [5.41, 5.74) is 0.798. The minimum atomic E-state index is -0.286. The molecule has 0 saturated heterocycles. The van der Waals surface area contributed by atoms with Gasteiger partial charge in [0.25, 0.3) is 0 Å². The van der Waals surface area contributed by atoms with Crippen LogP contribution in [0.25, 0.3) is 0 Å². The summed E-state index contributed by atoms with van der Waals surface area (Å²) >= 11 is 3.16. The summed E-state index contributed by atoms with van der Waals surface area (Å²) in [6, 6.07) is 4.85. The van der Waals surface area contributed by atoms with Gasteiger partial charge in [-0.2, -0.15) is 5.21 Å². The molecule has 1 aromatic heterocycles. The maximum atomic E-state index is 13.1. The van der Waals surface area contributed by atoms with Crippen molar-refractivity contribution in [1.82, 2.24) is 20.6 Å². The summed E-state index contributed by atoms with van der Waals surface area (Å²) in [6.07, 6.45) is 0.453. The Morgan fingerprint density at radius 3 is 3.00 bits per heavy atom. The molecule has 0 atom stereocenters. The van der Waals surface area contributed by atoms with Crippen molar-refractivity contribution < 1.29 is 4.39 Å². The zero-order chi connectivity index (χ0) is 9.97. The molecule has 2 rings (SSSR count). The number of aromatic amines is 1. The average molecular weight is 257 g/mol. The number of halogens is 2. The first-order valence-corrected chi connectivity index (χ1v) is 4.72. The van der Waals surface area contributed by atoms with Crippen LogP contribution in [0.4, 0.5) is 4.39 Å². The quantitative estimate of drug-likeness (QED) is 0.890. The lowest BCUT2D eigenvalue weighted by molar-refractivity contribution is 0.618. The maximum absolute atomic E-state index is 13.1. The van der Waals surface area contributed by atoms with E-state index in [4.69, 9.17) is 0 Å². The van der Waals surface area contributed by atoms with Crippen molar-refractivity contribution in [2.24, 2.45) is 0 Å². The molecule has 2 aromatic rings. The van der Waals surface area contributed by atoms with Gasteiger partial charge in [-0.1, -0.05) is 17.3 Å². The third-order valence-corrected chi connectivity index (χ3v) is 2.66. The van der Waals surface area contributed by atoms with E-state index in [9.17, 15) is 4.39 Å². The van der Waals surface area contributed by atoms with E-state index in [1.165, 1.54) is 6.07 Å². The molecule has 0 fully saturated rings. The van der Waals surface area contributed by atoms with Gasteiger partial charge in [0.05, 0.1) is 4.47 Å². The lowest BCUT2D eigenvalue weighted by Gasteiger charge is -2.01. The Morgan fingerprint density at radius 1 is 1.43 bits per heavy atom. The van der Waals surface area contributed by atoms with Crippen molar-refractivity contribution in [3.05, 3.63) is 39.9 Å². The fourth-order valence-corrected chi connectivity index (χ4v) is 1.52. The molecule has 14 heavy (non-hydrogen) atoms. The molecule has 0 aliphatic carbocycles. The van der Waals surface area contributed by atoms with Crippen molar-refractivity contribution in [2.75, 3.05) is 0 Å². The van der Waals surface area contributed by atoms with Crippen LogP contribution in [0.1, 0.15) is 11.4 Å². The number of H-pyrrole nitrogens is 1. The van der Waals surface area contributed by atoms with E-state index in [1.807, 2.05) is 6.07 Å². The topological polar surface area (TPSA) is 54.5 Å². The second kappa shape index (κ2) is 3.83. The Kier molecular flexibility index (Phi) is 2.53. The zero-order valence-corrected chi connectivity index (χ0v) is 8.62. The fraction of sp³-hybridized carbons (Fsp3) is 0.125. The highest BCUT2D eigenvalue weighted by molar-refractivity contribution is 9.10. The predicted octanol–water partition coefficient (Wildman–Crippen LogP) is 1.69. The highest BCUT2D eigenvalue weighted by atomic mass is 79.9. The number of hydrogen-bond acceptors (Lipinski definition) is 3. The van der Waals surface area contributed by atoms with Gasteiger partial charge in [0.1, 0.15) is 5.82 Å². The van der Waals surface area contributed by atoms with Crippen LogP contribution >= 0.6 is 15.9 Å². The van der Waals surface area contributed by atoms with E-state index in [2.05, 4.69) is 36.6 Å². The van der Waals surface area contributed by atoms with E-state index in [0.717, 1.165) is 5.56 Å². The summed E-state index contributed by atoms with van der Waals surface area (Å²) in [5, 5.41) is 13.4. The van der Waals surface area contributed by atoms with Crippen LogP contribution in [0, 0.1) is 5.82 Å². The third kappa shape index (κ3) is 1.79. The Balaban J connectivity index is 2.29. The SMILES string of the molecule is Fc1cccc(Cc2nn[nH]n2)c1Br. The van der Waals surface area contributed by atoms with E-state index in [-0.39, 0.29) is 5.82 Å². The molecule has 0 unspecified atom stereocenters. The van der Waals surface area contributed by atoms with Gasteiger partial charge in [-0.25, -0.2) is 4.39 Å². The zero-order valence-electron chi connectivity index (χ0n) is 7.04. The van der Waals surface area contributed by atoms with Crippen LogP contribution in [0.15, 0.2) is 22.7 Å². The van der Waals surface area contributed by atoms with Crippen molar-refractivity contribution >= 4 is 15.9 Å². The summed E-state index contributed by atoms with van der Waals surface area (Å²) in [5.74, 6) is 0.252. The van der Waals surface area contributed by atoms with Crippen molar-refractivity contribution in [1.29, 1.82) is 0 Å². The number of aromatic nitrogens is 4. The summed E-state index contributed by atoms with van der Waals surface area (Å²) in [6.45, 7) is 0. The highest BCUT2D eigenvalue weighted by Gasteiger charge is 2.07. The van der Waals surface area contributed by atoms with Gasteiger partial charge < -0.3 is 0 Å². The summed E-state index contributed by atoms with van der Waals surface area (Å²) < 4.78 is 13.5. The second-order valence-electron chi connectivity index (χ2n) is 2.72. The van der Waals surface area contributed by atoms with Crippen LogP contribution in [0.3, 0.4) is 0 Å². The van der Waals surface area contributed by atoms with Crippen LogP contribution in [0.5, 0.6) is 0 Å². The Morgan fingerprint density at radius 2 is 2.29 bits per heavy atom. The molecule has 72 valence electrons. The van der Waals surface area contributed by atoms with E-state index in [1.54, 1.807) is 6.07 Å². The van der Waals surface area contributed by atoms with E-state index >= 15 is 0 Å². The number of nitrogens with one attached hydrogen (secondary N) is 1. The molecule has 0 bridgehead atoms. The number of benzene rings is 1. The molecule has 0 spiro atoms. The summed E-state index contributed by atoms with van der Waals surface area (Å²) in [4.78, 5) is 0. The van der Waals surface area contributed by atoms with Crippen LogP contribution in [-0.4, -0.2) is 20.6 Å². The van der Waals surface area contributed by atoms with Crippen molar-refractivity contribution in [2.45, 2.75) is 6.42 Å². The van der Waals surface area contributed by atoms with Crippen molar-refractivity contribution in [3.63, 3.8) is 0 Å². The second-order valence-corrected chi connectivity index (χ2v) is 3.51. The van der Waals surface area contributed by atoms with Crippen molar-refractivity contribution in [3.8, 4) is 0 Å². The number of nitrogens with zero attached hydrogens (tertiary/aromatic N) is 3. The molecule has 0 saturated carbocycles. The standard InChI is InChI=1S/C8H6BrFN4/c9-8-5(2-1-3-6(8)10)4-7-11-13-14-12-7/h1-3H,4H2,(H,11,12,13,14). The smallest absolute Gasteiger partial charge is 0.178 e. The lowest BCUT2D eigenvalue weighted by atomic mass is 10.1. The fourth-order valence-electron chi connectivity index (χ4n) is 1.11. The average Bonchev–Trinajstić information content (AvgIpc) is 2.66. The molecule has 0 radical (unpaired) electrons. The first kappa shape index (κ1) is 9.26. The molecular weight excluding hydrogens is 251 g/mol. The van der Waals surface area contributed by atoms with Crippen LogP contribution in [-0.2, 0) is 6.42 Å². The Labute approximate surface area is 87.7 Å². The molecule has 1 N–H and O–H groups in total. The molecule has 0 aliphatic rings. The molecule has 0 aliphatic heterocycles. The van der Waals surface area contributed by atoms with Gasteiger partial charge in [-0.15, -0.1) is 10.2 Å². The van der Waals surface area contributed by atoms with Crippen LogP contribution in [0.2, 0.25) is 0 Å². The molecule has 6 heteroatoms. The summed E-state index contributed by atoms with van der Waals surface area (Å²) in [7, 11) is 0. The van der Waals surface area contributed by atoms with Gasteiger partial charge in [0.15, 0.2) is 5.82 Å². The molecule has 0 amide bonds. The molecular formula is C8H6BrFN4. The van der Waals surface area contributed by atoms with Gasteiger partial charge >= 0.3 is 0 Å². The molecule has 4 nitrogen and oxygen atoms in total. The van der Waals surface area contributed by atoms with Gasteiger partial charge in [-0.05, 0) is 27.6 Å².